The fourth-order valence-electron chi connectivity index (χ4n) is 2.33. The van der Waals surface area contributed by atoms with Crippen molar-refractivity contribution in [2.75, 3.05) is 20.8 Å². The zero-order valence-corrected chi connectivity index (χ0v) is 16.5. The molecule has 0 spiro atoms. The highest BCUT2D eigenvalue weighted by atomic mass is 127. The molecule has 1 atom stereocenters. The van der Waals surface area contributed by atoms with E-state index in [1.54, 1.807) is 14.2 Å². The number of para-hydroxylation sites is 1. The lowest BCUT2D eigenvalue weighted by molar-refractivity contribution is 0.119. The quantitative estimate of drug-likeness (QED) is 0.395. The summed E-state index contributed by atoms with van der Waals surface area (Å²) in [6.07, 6.45) is 4.00. The van der Waals surface area contributed by atoms with E-state index in [9.17, 15) is 0 Å². The van der Waals surface area contributed by atoms with Gasteiger partial charge in [-0.3, -0.25) is 4.99 Å². The SMILES string of the molecule is CN=C(NCc1ccccc1OC1CCC1)NC(C)COC.I. The molecule has 1 unspecified atom stereocenters. The maximum absolute atomic E-state index is 6.05. The summed E-state index contributed by atoms with van der Waals surface area (Å²) in [5.74, 6) is 1.74. The van der Waals surface area contributed by atoms with E-state index in [0.717, 1.165) is 17.3 Å². The number of rotatable bonds is 7. The minimum absolute atomic E-state index is 0. The number of hydrogen-bond acceptors (Lipinski definition) is 3. The van der Waals surface area contributed by atoms with Gasteiger partial charge >= 0.3 is 0 Å². The minimum Gasteiger partial charge on any atom is -0.490 e. The van der Waals surface area contributed by atoms with Crippen LogP contribution in [0.4, 0.5) is 0 Å². The zero-order valence-electron chi connectivity index (χ0n) is 14.2. The molecule has 1 saturated carbocycles. The summed E-state index contributed by atoms with van der Waals surface area (Å²) < 4.78 is 11.2. The van der Waals surface area contributed by atoms with Gasteiger partial charge in [-0.1, -0.05) is 18.2 Å². The van der Waals surface area contributed by atoms with Crippen LogP contribution in [0.15, 0.2) is 29.3 Å². The van der Waals surface area contributed by atoms with Crippen LogP contribution in [0.5, 0.6) is 5.75 Å². The lowest BCUT2D eigenvalue weighted by Gasteiger charge is -2.27. The number of benzene rings is 1. The van der Waals surface area contributed by atoms with Crippen LogP contribution in [0.1, 0.15) is 31.7 Å². The van der Waals surface area contributed by atoms with E-state index < -0.39 is 0 Å². The van der Waals surface area contributed by atoms with Gasteiger partial charge in [-0.05, 0) is 32.3 Å². The van der Waals surface area contributed by atoms with Crippen molar-refractivity contribution in [2.24, 2.45) is 4.99 Å². The van der Waals surface area contributed by atoms with Crippen molar-refractivity contribution in [3.05, 3.63) is 29.8 Å². The number of aliphatic imine (C=N–C) groups is 1. The largest absolute Gasteiger partial charge is 0.490 e. The van der Waals surface area contributed by atoms with Gasteiger partial charge in [0.15, 0.2) is 5.96 Å². The molecule has 6 heteroatoms. The number of halogens is 1. The normalized spacial score (nSPS) is 16.0. The summed E-state index contributed by atoms with van der Waals surface area (Å²) in [6, 6.07) is 8.39. The smallest absolute Gasteiger partial charge is 0.191 e. The third kappa shape index (κ3) is 6.55. The van der Waals surface area contributed by atoms with Crippen LogP contribution in [0.3, 0.4) is 0 Å². The van der Waals surface area contributed by atoms with Crippen LogP contribution in [-0.2, 0) is 11.3 Å². The Kier molecular flexibility index (Phi) is 9.31. The third-order valence-electron chi connectivity index (χ3n) is 3.79. The Morgan fingerprint density at radius 2 is 2.09 bits per heavy atom. The second-order valence-electron chi connectivity index (χ2n) is 5.70. The second kappa shape index (κ2) is 10.7. The van der Waals surface area contributed by atoms with E-state index >= 15 is 0 Å². The van der Waals surface area contributed by atoms with Gasteiger partial charge in [0.1, 0.15) is 5.75 Å². The van der Waals surface area contributed by atoms with Crippen molar-refractivity contribution >= 4 is 29.9 Å². The number of ether oxygens (including phenoxy) is 2. The van der Waals surface area contributed by atoms with Crippen LogP contribution >= 0.6 is 24.0 Å². The van der Waals surface area contributed by atoms with Crippen LogP contribution < -0.4 is 15.4 Å². The number of methoxy groups -OCH3 is 1. The van der Waals surface area contributed by atoms with Crippen molar-refractivity contribution < 1.29 is 9.47 Å². The van der Waals surface area contributed by atoms with Gasteiger partial charge in [0.2, 0.25) is 0 Å². The van der Waals surface area contributed by atoms with Gasteiger partial charge < -0.3 is 20.1 Å². The summed E-state index contributed by atoms with van der Waals surface area (Å²) in [6.45, 7) is 3.38. The van der Waals surface area contributed by atoms with Gasteiger partial charge in [-0.25, -0.2) is 0 Å². The second-order valence-corrected chi connectivity index (χ2v) is 5.70. The van der Waals surface area contributed by atoms with Gasteiger partial charge in [0, 0.05) is 32.3 Å². The predicted octanol–water partition coefficient (Wildman–Crippen LogP) is 2.94. The molecule has 0 bridgehead atoms. The van der Waals surface area contributed by atoms with Crippen molar-refractivity contribution in [3.8, 4) is 5.75 Å². The maximum Gasteiger partial charge on any atom is 0.191 e. The maximum atomic E-state index is 6.05. The van der Waals surface area contributed by atoms with E-state index in [2.05, 4.69) is 28.6 Å². The summed E-state index contributed by atoms with van der Waals surface area (Å²) in [4.78, 5) is 4.24. The molecule has 5 nitrogen and oxygen atoms in total. The Morgan fingerprint density at radius 3 is 2.70 bits per heavy atom. The Hall–Kier alpha value is -1.02. The van der Waals surface area contributed by atoms with Crippen LogP contribution in [-0.4, -0.2) is 38.9 Å². The Morgan fingerprint density at radius 1 is 1.35 bits per heavy atom. The monoisotopic (exact) mass is 433 g/mol. The number of hydrogen-bond donors (Lipinski definition) is 2. The summed E-state index contributed by atoms with van der Waals surface area (Å²) in [5.41, 5.74) is 1.15. The molecule has 1 fully saturated rings. The first-order chi connectivity index (χ1) is 10.7. The lowest BCUT2D eigenvalue weighted by Crippen LogP contribution is -2.43. The fraction of sp³-hybridized carbons (Fsp3) is 0.588. The summed E-state index contributed by atoms with van der Waals surface area (Å²) in [7, 11) is 3.47. The van der Waals surface area contributed by atoms with Gasteiger partial charge in [0.25, 0.3) is 0 Å². The van der Waals surface area contributed by atoms with Crippen molar-refractivity contribution in [1.29, 1.82) is 0 Å². The Bertz CT molecular complexity index is 492. The zero-order chi connectivity index (χ0) is 15.8. The van der Waals surface area contributed by atoms with E-state index in [1.165, 1.54) is 19.3 Å². The van der Waals surface area contributed by atoms with Crippen molar-refractivity contribution in [2.45, 2.75) is 44.9 Å². The summed E-state index contributed by atoms with van der Waals surface area (Å²) >= 11 is 0. The van der Waals surface area contributed by atoms with Gasteiger partial charge in [0.05, 0.1) is 12.7 Å². The molecule has 130 valence electrons. The highest BCUT2D eigenvalue weighted by Gasteiger charge is 2.20. The topological polar surface area (TPSA) is 54.9 Å². The first-order valence-electron chi connectivity index (χ1n) is 7.93. The average molecular weight is 433 g/mol. The van der Waals surface area contributed by atoms with E-state index in [4.69, 9.17) is 9.47 Å². The van der Waals surface area contributed by atoms with E-state index in [0.29, 0.717) is 19.3 Å². The molecule has 1 aliphatic rings. The number of guanidine groups is 1. The molecular formula is C17H28IN3O2. The molecule has 1 aromatic rings. The third-order valence-corrected chi connectivity index (χ3v) is 3.79. The standard InChI is InChI=1S/C17H27N3O2.HI/c1-13(12-21-3)20-17(18-2)19-11-14-7-4-5-10-16(14)22-15-8-6-9-15;/h4-5,7,10,13,15H,6,8-9,11-12H2,1-3H3,(H2,18,19,20);1H. The molecule has 0 amide bonds. The molecule has 23 heavy (non-hydrogen) atoms. The molecule has 2 rings (SSSR count). The number of nitrogens with one attached hydrogen (secondary N) is 2. The molecule has 0 aliphatic heterocycles. The van der Waals surface area contributed by atoms with E-state index in [1.807, 2.05) is 18.2 Å². The van der Waals surface area contributed by atoms with E-state index in [-0.39, 0.29) is 30.0 Å². The summed E-state index contributed by atoms with van der Waals surface area (Å²) in [5, 5.41) is 6.62. The van der Waals surface area contributed by atoms with Crippen molar-refractivity contribution in [3.63, 3.8) is 0 Å². The average Bonchev–Trinajstić information content (AvgIpc) is 2.48. The van der Waals surface area contributed by atoms with Crippen LogP contribution in [0, 0.1) is 0 Å². The molecule has 0 radical (unpaired) electrons. The molecule has 1 aliphatic carbocycles. The first kappa shape index (κ1) is 20.0. The Balaban J connectivity index is 0.00000264. The molecule has 2 N–H and O–H groups in total. The molecular weight excluding hydrogens is 405 g/mol. The lowest BCUT2D eigenvalue weighted by atomic mass is 9.96. The van der Waals surface area contributed by atoms with Gasteiger partial charge in [-0.15, -0.1) is 24.0 Å². The van der Waals surface area contributed by atoms with Crippen molar-refractivity contribution in [1.82, 2.24) is 10.6 Å². The molecule has 1 aromatic carbocycles. The molecule has 0 heterocycles. The molecule has 0 saturated heterocycles. The highest BCUT2D eigenvalue weighted by Crippen LogP contribution is 2.27. The minimum atomic E-state index is 0. The Labute approximate surface area is 156 Å². The fourth-order valence-corrected chi connectivity index (χ4v) is 2.33. The first-order valence-corrected chi connectivity index (χ1v) is 7.93. The van der Waals surface area contributed by atoms with Crippen LogP contribution in [0.2, 0.25) is 0 Å². The highest BCUT2D eigenvalue weighted by molar-refractivity contribution is 14.0. The number of nitrogens with zero attached hydrogens (tertiary/aromatic N) is 1. The van der Waals surface area contributed by atoms with Gasteiger partial charge in [-0.2, -0.15) is 0 Å². The molecule has 0 aromatic heterocycles. The van der Waals surface area contributed by atoms with Crippen LogP contribution in [0.25, 0.3) is 0 Å². The predicted molar refractivity (Wildman–Crippen MR) is 105 cm³/mol.